The maximum Gasteiger partial charge on any atom is 0.416 e. The molecule has 18 heavy (non-hydrogen) atoms. The van der Waals surface area contributed by atoms with Crippen molar-refractivity contribution in [3.63, 3.8) is 0 Å². The van der Waals surface area contributed by atoms with E-state index >= 15 is 0 Å². The molecule has 0 amide bonds. The number of aromatic nitrogens is 2. The molecule has 1 aromatic heterocycles. The van der Waals surface area contributed by atoms with Gasteiger partial charge in [0, 0.05) is 17.3 Å². The van der Waals surface area contributed by atoms with E-state index in [1.807, 2.05) is 0 Å². The molecule has 1 heterocycles. The first-order chi connectivity index (χ1) is 8.38. The molecule has 0 saturated heterocycles. The summed E-state index contributed by atoms with van der Waals surface area (Å²) in [7, 11) is 0. The van der Waals surface area contributed by atoms with Crippen LogP contribution in [0.25, 0.3) is 11.3 Å². The molecule has 94 valence electrons. The van der Waals surface area contributed by atoms with Crippen LogP contribution in [0.1, 0.15) is 5.56 Å². The van der Waals surface area contributed by atoms with Crippen molar-refractivity contribution >= 4 is 17.3 Å². The molecule has 0 radical (unpaired) electrons. The Morgan fingerprint density at radius 1 is 1.11 bits per heavy atom. The average Bonchev–Trinajstić information content (AvgIpc) is 2.28. The SMILES string of the molecule is Nc1ccc(C(F)(F)F)cc1-c1cc(Cl)ncn1. The number of hydrogen-bond acceptors (Lipinski definition) is 3. The lowest BCUT2D eigenvalue weighted by Crippen LogP contribution is -2.06. The van der Waals surface area contributed by atoms with Crippen molar-refractivity contribution in [1.29, 1.82) is 0 Å². The van der Waals surface area contributed by atoms with E-state index < -0.39 is 11.7 Å². The molecule has 0 fully saturated rings. The summed E-state index contributed by atoms with van der Waals surface area (Å²) in [5.74, 6) is 0. The zero-order valence-electron chi connectivity index (χ0n) is 8.87. The quantitative estimate of drug-likeness (QED) is 0.640. The molecule has 7 heteroatoms. The lowest BCUT2D eigenvalue weighted by atomic mass is 10.1. The second-order valence-corrected chi connectivity index (χ2v) is 3.91. The highest BCUT2D eigenvalue weighted by Gasteiger charge is 2.31. The summed E-state index contributed by atoms with van der Waals surface area (Å²) >= 11 is 5.66. The number of nitrogens with zero attached hydrogens (tertiary/aromatic N) is 2. The molecular formula is C11H7ClF3N3. The molecule has 2 N–H and O–H groups in total. The van der Waals surface area contributed by atoms with Crippen molar-refractivity contribution in [2.24, 2.45) is 0 Å². The Labute approximate surface area is 105 Å². The van der Waals surface area contributed by atoms with Crippen molar-refractivity contribution in [2.45, 2.75) is 6.18 Å². The standard InChI is InChI=1S/C11H7ClF3N3/c12-10-4-9(17-5-18-10)7-3-6(11(13,14)15)1-2-8(7)16/h1-5H,16H2. The second kappa shape index (κ2) is 4.45. The van der Waals surface area contributed by atoms with Crippen LogP contribution in [-0.2, 0) is 6.18 Å². The molecule has 0 bridgehead atoms. The van der Waals surface area contributed by atoms with Gasteiger partial charge in [-0.25, -0.2) is 9.97 Å². The molecule has 1 aromatic carbocycles. The fourth-order valence-corrected chi connectivity index (χ4v) is 1.58. The van der Waals surface area contributed by atoms with Gasteiger partial charge in [-0.05, 0) is 18.2 Å². The van der Waals surface area contributed by atoms with Crippen LogP contribution in [0.15, 0.2) is 30.6 Å². The molecule has 2 aromatic rings. The molecule has 0 aliphatic heterocycles. The van der Waals surface area contributed by atoms with E-state index in [1.165, 1.54) is 12.1 Å². The molecule has 0 saturated carbocycles. The topological polar surface area (TPSA) is 51.8 Å². The summed E-state index contributed by atoms with van der Waals surface area (Å²) in [5, 5.41) is 0.136. The highest BCUT2D eigenvalue weighted by molar-refractivity contribution is 6.29. The number of nitrogen functional groups attached to an aromatic ring is 1. The van der Waals surface area contributed by atoms with Crippen LogP contribution in [0.4, 0.5) is 18.9 Å². The largest absolute Gasteiger partial charge is 0.416 e. The van der Waals surface area contributed by atoms with Crippen LogP contribution >= 0.6 is 11.6 Å². The van der Waals surface area contributed by atoms with Gasteiger partial charge in [-0.3, -0.25) is 0 Å². The van der Waals surface area contributed by atoms with Gasteiger partial charge in [0.05, 0.1) is 11.3 Å². The first-order valence-corrected chi connectivity index (χ1v) is 5.20. The van der Waals surface area contributed by atoms with Crippen LogP contribution in [0.2, 0.25) is 5.15 Å². The van der Waals surface area contributed by atoms with E-state index in [4.69, 9.17) is 17.3 Å². The summed E-state index contributed by atoms with van der Waals surface area (Å²) in [4.78, 5) is 7.51. The summed E-state index contributed by atoms with van der Waals surface area (Å²) in [6, 6.07) is 4.40. The normalized spacial score (nSPS) is 11.6. The van der Waals surface area contributed by atoms with Gasteiger partial charge < -0.3 is 5.73 Å². The molecule has 0 unspecified atom stereocenters. The van der Waals surface area contributed by atoms with Gasteiger partial charge in [-0.2, -0.15) is 13.2 Å². The third-order valence-corrected chi connectivity index (χ3v) is 2.50. The summed E-state index contributed by atoms with van der Waals surface area (Å²) < 4.78 is 37.8. The van der Waals surface area contributed by atoms with Crippen LogP contribution in [0.3, 0.4) is 0 Å². The zero-order chi connectivity index (χ0) is 13.3. The van der Waals surface area contributed by atoms with E-state index in [2.05, 4.69) is 9.97 Å². The lowest BCUT2D eigenvalue weighted by Gasteiger charge is -2.10. The van der Waals surface area contributed by atoms with E-state index in [0.29, 0.717) is 0 Å². The minimum atomic E-state index is -4.43. The Morgan fingerprint density at radius 2 is 1.83 bits per heavy atom. The van der Waals surface area contributed by atoms with Gasteiger partial charge in [0.2, 0.25) is 0 Å². The number of anilines is 1. The third-order valence-electron chi connectivity index (χ3n) is 2.29. The second-order valence-electron chi connectivity index (χ2n) is 3.53. The number of alkyl halides is 3. The number of hydrogen-bond donors (Lipinski definition) is 1. The molecule has 0 aliphatic carbocycles. The molecule has 0 spiro atoms. The maximum atomic E-state index is 12.6. The van der Waals surface area contributed by atoms with Crippen molar-refractivity contribution in [3.8, 4) is 11.3 Å². The Morgan fingerprint density at radius 3 is 2.44 bits per heavy atom. The zero-order valence-corrected chi connectivity index (χ0v) is 9.63. The maximum absolute atomic E-state index is 12.6. The van der Waals surface area contributed by atoms with E-state index in [1.54, 1.807) is 0 Å². The van der Waals surface area contributed by atoms with Crippen LogP contribution in [0.5, 0.6) is 0 Å². The van der Waals surface area contributed by atoms with Gasteiger partial charge >= 0.3 is 6.18 Å². The molecule has 0 aliphatic rings. The highest BCUT2D eigenvalue weighted by Crippen LogP contribution is 2.34. The monoisotopic (exact) mass is 273 g/mol. The van der Waals surface area contributed by atoms with E-state index in [0.717, 1.165) is 18.5 Å². The summed E-state index contributed by atoms with van der Waals surface area (Å²) in [6.45, 7) is 0. The first-order valence-electron chi connectivity index (χ1n) is 4.82. The predicted molar refractivity (Wildman–Crippen MR) is 61.9 cm³/mol. The fourth-order valence-electron chi connectivity index (χ4n) is 1.44. The molecule has 3 nitrogen and oxygen atoms in total. The van der Waals surface area contributed by atoms with Gasteiger partial charge in [0.25, 0.3) is 0 Å². The van der Waals surface area contributed by atoms with E-state index in [9.17, 15) is 13.2 Å². The Bertz CT molecular complexity index is 584. The van der Waals surface area contributed by atoms with Gasteiger partial charge in [0.15, 0.2) is 0 Å². The minimum absolute atomic E-state index is 0.136. The number of nitrogens with two attached hydrogens (primary N) is 1. The van der Waals surface area contributed by atoms with Crippen molar-refractivity contribution in [1.82, 2.24) is 9.97 Å². The Kier molecular flexibility index (Phi) is 3.13. The molecular weight excluding hydrogens is 267 g/mol. The Hall–Kier alpha value is -1.82. The van der Waals surface area contributed by atoms with Crippen LogP contribution < -0.4 is 5.73 Å². The van der Waals surface area contributed by atoms with Gasteiger partial charge in [0.1, 0.15) is 11.5 Å². The summed E-state index contributed by atoms with van der Waals surface area (Å²) in [5.41, 5.74) is 5.47. The number of halogens is 4. The number of rotatable bonds is 1. The summed E-state index contributed by atoms with van der Waals surface area (Å²) in [6.07, 6.45) is -3.27. The average molecular weight is 274 g/mol. The molecule has 2 rings (SSSR count). The van der Waals surface area contributed by atoms with Crippen LogP contribution in [-0.4, -0.2) is 9.97 Å². The van der Waals surface area contributed by atoms with Gasteiger partial charge in [-0.15, -0.1) is 0 Å². The fraction of sp³-hybridized carbons (Fsp3) is 0.0909. The van der Waals surface area contributed by atoms with Crippen LogP contribution in [0, 0.1) is 0 Å². The van der Waals surface area contributed by atoms with Crippen molar-refractivity contribution in [2.75, 3.05) is 5.73 Å². The van der Waals surface area contributed by atoms with Crippen molar-refractivity contribution < 1.29 is 13.2 Å². The minimum Gasteiger partial charge on any atom is -0.398 e. The highest BCUT2D eigenvalue weighted by atomic mass is 35.5. The number of benzene rings is 1. The Balaban J connectivity index is 2.57. The van der Waals surface area contributed by atoms with Gasteiger partial charge in [-0.1, -0.05) is 11.6 Å². The van der Waals surface area contributed by atoms with Crippen molar-refractivity contribution in [3.05, 3.63) is 41.3 Å². The smallest absolute Gasteiger partial charge is 0.398 e. The third kappa shape index (κ3) is 2.53. The van der Waals surface area contributed by atoms with E-state index in [-0.39, 0.29) is 22.1 Å². The first kappa shape index (κ1) is 12.6. The molecule has 0 atom stereocenters. The lowest BCUT2D eigenvalue weighted by molar-refractivity contribution is -0.137. The predicted octanol–water partition coefficient (Wildman–Crippen LogP) is 3.40.